The monoisotopic (exact) mass is 411 g/mol. The molecule has 1 unspecified atom stereocenters. The minimum atomic E-state index is -0.464. The largest absolute Gasteiger partial charge is 0.356 e. The standard InChI is InChI=1S/C16H18ClN5O2S2/c1-2-22-13(20-21-16(22)25)5-6-18-14(23)8-12-15(24)19-10-7-9(17)3-4-11(10)26-12/h3-4,7,12H,2,5-6,8H2,1H3,(H,18,23)(H,19,24)(H,21,25). The molecule has 1 aliphatic rings. The van der Waals surface area contributed by atoms with Gasteiger partial charge in [0.1, 0.15) is 5.82 Å². The lowest BCUT2D eigenvalue weighted by Crippen LogP contribution is -2.35. The van der Waals surface area contributed by atoms with Crippen LogP contribution in [0.4, 0.5) is 5.69 Å². The highest BCUT2D eigenvalue weighted by Gasteiger charge is 2.29. The zero-order chi connectivity index (χ0) is 18.7. The van der Waals surface area contributed by atoms with Crippen molar-refractivity contribution in [2.45, 2.75) is 36.5 Å². The van der Waals surface area contributed by atoms with Crippen LogP contribution in [-0.2, 0) is 22.6 Å². The average Bonchev–Trinajstić information content (AvgIpc) is 2.95. The van der Waals surface area contributed by atoms with Gasteiger partial charge in [-0.2, -0.15) is 5.10 Å². The Morgan fingerprint density at radius 1 is 1.50 bits per heavy atom. The van der Waals surface area contributed by atoms with Crippen molar-refractivity contribution in [1.82, 2.24) is 20.1 Å². The summed E-state index contributed by atoms with van der Waals surface area (Å²) in [5, 5.41) is 12.6. The van der Waals surface area contributed by atoms with Crippen molar-refractivity contribution in [3.8, 4) is 0 Å². The van der Waals surface area contributed by atoms with Crippen molar-refractivity contribution < 1.29 is 9.59 Å². The van der Waals surface area contributed by atoms with E-state index in [1.54, 1.807) is 12.1 Å². The van der Waals surface area contributed by atoms with Gasteiger partial charge in [-0.05, 0) is 37.3 Å². The molecule has 2 heterocycles. The number of hydrogen-bond donors (Lipinski definition) is 3. The molecular weight excluding hydrogens is 394 g/mol. The van der Waals surface area contributed by atoms with Gasteiger partial charge in [0.25, 0.3) is 0 Å². The number of amides is 2. The normalized spacial score (nSPS) is 16.1. The summed E-state index contributed by atoms with van der Waals surface area (Å²) < 4.78 is 2.46. The fraction of sp³-hybridized carbons (Fsp3) is 0.375. The zero-order valence-electron chi connectivity index (χ0n) is 14.0. The molecule has 0 spiro atoms. The van der Waals surface area contributed by atoms with Gasteiger partial charge in [0.05, 0.1) is 10.9 Å². The van der Waals surface area contributed by atoms with E-state index in [9.17, 15) is 9.59 Å². The van der Waals surface area contributed by atoms with E-state index in [-0.39, 0.29) is 18.2 Å². The third kappa shape index (κ3) is 4.28. The molecule has 2 aromatic rings. The number of aromatic nitrogens is 3. The smallest absolute Gasteiger partial charge is 0.238 e. The van der Waals surface area contributed by atoms with Crippen molar-refractivity contribution in [3.63, 3.8) is 0 Å². The number of halogens is 1. The Hall–Kier alpha value is -1.84. The second-order valence-corrected chi connectivity index (χ2v) is 7.80. The molecule has 7 nitrogen and oxygen atoms in total. The van der Waals surface area contributed by atoms with E-state index in [0.717, 1.165) is 17.3 Å². The van der Waals surface area contributed by atoms with Crippen LogP contribution < -0.4 is 10.6 Å². The summed E-state index contributed by atoms with van der Waals surface area (Å²) in [5.41, 5.74) is 0.687. The van der Waals surface area contributed by atoms with Crippen LogP contribution in [0.15, 0.2) is 23.1 Å². The number of rotatable bonds is 6. The van der Waals surface area contributed by atoms with Crippen LogP contribution in [0.25, 0.3) is 0 Å². The Bertz CT molecular complexity index is 895. The number of anilines is 1. The lowest BCUT2D eigenvalue weighted by molar-refractivity contribution is -0.124. The van der Waals surface area contributed by atoms with Gasteiger partial charge in [0, 0.05) is 35.8 Å². The maximum atomic E-state index is 12.2. The number of hydrogen-bond acceptors (Lipinski definition) is 5. The minimum absolute atomic E-state index is 0.110. The van der Waals surface area contributed by atoms with Crippen molar-refractivity contribution in [1.29, 1.82) is 0 Å². The minimum Gasteiger partial charge on any atom is -0.356 e. The topological polar surface area (TPSA) is 91.8 Å². The molecule has 26 heavy (non-hydrogen) atoms. The fourth-order valence-corrected chi connectivity index (χ4v) is 4.22. The summed E-state index contributed by atoms with van der Waals surface area (Å²) in [7, 11) is 0. The van der Waals surface area contributed by atoms with Gasteiger partial charge in [-0.3, -0.25) is 14.7 Å². The number of aromatic amines is 1. The molecule has 0 aliphatic carbocycles. The van der Waals surface area contributed by atoms with Gasteiger partial charge in [0.15, 0.2) is 4.77 Å². The second kappa shape index (κ2) is 8.24. The first kappa shape index (κ1) is 18.9. The quantitative estimate of drug-likeness (QED) is 0.636. The van der Waals surface area contributed by atoms with E-state index >= 15 is 0 Å². The van der Waals surface area contributed by atoms with Crippen LogP contribution in [0, 0.1) is 4.77 Å². The number of nitrogens with one attached hydrogen (secondary N) is 3. The predicted molar refractivity (Wildman–Crippen MR) is 104 cm³/mol. The van der Waals surface area contributed by atoms with Gasteiger partial charge >= 0.3 is 0 Å². The summed E-state index contributed by atoms with van der Waals surface area (Å²) >= 11 is 12.4. The van der Waals surface area contributed by atoms with E-state index in [4.69, 9.17) is 23.8 Å². The van der Waals surface area contributed by atoms with Gasteiger partial charge in [-0.25, -0.2) is 0 Å². The Labute approximate surface area is 164 Å². The van der Waals surface area contributed by atoms with Gasteiger partial charge < -0.3 is 15.2 Å². The number of thioether (sulfide) groups is 1. The summed E-state index contributed by atoms with van der Waals surface area (Å²) in [6.45, 7) is 3.14. The highest BCUT2D eigenvalue weighted by atomic mass is 35.5. The summed E-state index contributed by atoms with van der Waals surface area (Å²) in [4.78, 5) is 25.3. The van der Waals surface area contributed by atoms with Crippen LogP contribution >= 0.6 is 35.6 Å². The lowest BCUT2D eigenvalue weighted by Gasteiger charge is -2.23. The SMILES string of the molecule is CCn1c(CCNC(=O)CC2Sc3ccc(Cl)cc3NC2=O)n[nH]c1=S. The summed E-state index contributed by atoms with van der Waals surface area (Å²) in [6.07, 6.45) is 0.678. The van der Waals surface area contributed by atoms with Crippen LogP contribution in [0.2, 0.25) is 5.02 Å². The number of carbonyl (C=O) groups is 2. The second-order valence-electron chi connectivity index (χ2n) is 5.73. The van der Waals surface area contributed by atoms with Crippen LogP contribution in [0.1, 0.15) is 19.2 Å². The molecule has 1 aromatic carbocycles. The van der Waals surface area contributed by atoms with Gasteiger partial charge in [-0.1, -0.05) is 11.6 Å². The Balaban J connectivity index is 1.52. The van der Waals surface area contributed by atoms with Crippen molar-refractivity contribution >= 4 is 53.1 Å². The van der Waals surface area contributed by atoms with Crippen molar-refractivity contribution in [3.05, 3.63) is 33.8 Å². The van der Waals surface area contributed by atoms with E-state index in [2.05, 4.69) is 20.8 Å². The van der Waals surface area contributed by atoms with E-state index in [1.165, 1.54) is 11.8 Å². The van der Waals surface area contributed by atoms with Gasteiger partial charge in [0.2, 0.25) is 11.8 Å². The number of nitrogens with zero attached hydrogens (tertiary/aromatic N) is 2. The molecule has 1 aliphatic heterocycles. The first-order chi connectivity index (χ1) is 12.5. The van der Waals surface area contributed by atoms with Crippen LogP contribution in [0.3, 0.4) is 0 Å². The zero-order valence-corrected chi connectivity index (χ0v) is 16.4. The molecule has 3 rings (SSSR count). The lowest BCUT2D eigenvalue weighted by atomic mass is 10.2. The van der Waals surface area contributed by atoms with Crippen LogP contribution in [0.5, 0.6) is 0 Å². The molecule has 3 N–H and O–H groups in total. The molecule has 138 valence electrons. The predicted octanol–water partition coefficient (Wildman–Crippen LogP) is 2.78. The third-order valence-corrected chi connectivity index (χ3v) is 5.78. The Kier molecular flexibility index (Phi) is 6.00. The molecule has 0 fully saturated rings. The van der Waals surface area contributed by atoms with Crippen molar-refractivity contribution in [2.75, 3.05) is 11.9 Å². The molecule has 1 aromatic heterocycles. The fourth-order valence-electron chi connectivity index (χ4n) is 2.68. The number of carbonyl (C=O) groups excluding carboxylic acids is 2. The number of H-pyrrole nitrogens is 1. The molecule has 0 saturated heterocycles. The molecule has 2 amide bonds. The molecule has 10 heteroatoms. The van der Waals surface area contributed by atoms with E-state index in [1.807, 2.05) is 17.6 Å². The highest BCUT2D eigenvalue weighted by Crippen LogP contribution is 2.38. The third-order valence-electron chi connectivity index (χ3n) is 3.96. The average molecular weight is 412 g/mol. The van der Waals surface area contributed by atoms with Crippen molar-refractivity contribution in [2.24, 2.45) is 0 Å². The highest BCUT2D eigenvalue weighted by molar-refractivity contribution is 8.01. The van der Waals surface area contributed by atoms with E-state index in [0.29, 0.717) is 28.4 Å². The van der Waals surface area contributed by atoms with Crippen LogP contribution in [-0.4, -0.2) is 38.4 Å². The summed E-state index contributed by atoms with van der Waals surface area (Å²) in [5.74, 6) is 0.437. The molecule has 1 atom stereocenters. The number of benzene rings is 1. The molecular formula is C16H18ClN5O2S2. The first-order valence-corrected chi connectivity index (χ1v) is 9.82. The molecule has 0 bridgehead atoms. The summed E-state index contributed by atoms with van der Waals surface area (Å²) in [6, 6.07) is 5.32. The Morgan fingerprint density at radius 2 is 2.31 bits per heavy atom. The molecule has 0 saturated carbocycles. The first-order valence-electron chi connectivity index (χ1n) is 8.15. The Morgan fingerprint density at radius 3 is 3.08 bits per heavy atom. The number of fused-ring (bicyclic) bond motifs is 1. The molecule has 0 radical (unpaired) electrons. The maximum absolute atomic E-state index is 12.2. The maximum Gasteiger partial charge on any atom is 0.238 e. The van der Waals surface area contributed by atoms with E-state index < -0.39 is 5.25 Å². The van der Waals surface area contributed by atoms with Gasteiger partial charge in [-0.15, -0.1) is 11.8 Å².